The number of halogens is 1. The lowest BCUT2D eigenvalue weighted by Crippen LogP contribution is -2.18. The molecule has 30 heavy (non-hydrogen) atoms. The van der Waals surface area contributed by atoms with Gasteiger partial charge >= 0.3 is 0 Å². The summed E-state index contributed by atoms with van der Waals surface area (Å²) in [5.41, 5.74) is 2.62. The van der Waals surface area contributed by atoms with Gasteiger partial charge in [-0.05, 0) is 60.0 Å². The Morgan fingerprint density at radius 2 is 1.73 bits per heavy atom. The van der Waals surface area contributed by atoms with Crippen LogP contribution in [0.1, 0.15) is 20.7 Å². The predicted octanol–water partition coefficient (Wildman–Crippen LogP) is 4.35. The molecular weight excluding hydrogens is 403 g/mol. The number of benzene rings is 2. The lowest BCUT2D eigenvalue weighted by molar-refractivity contribution is 0.0962. The first-order valence-corrected chi connectivity index (χ1v) is 9.96. The minimum Gasteiger partial charge on any atom is -0.355 e. The Labute approximate surface area is 176 Å². The van der Waals surface area contributed by atoms with Crippen molar-refractivity contribution >= 4 is 28.8 Å². The first kappa shape index (κ1) is 19.5. The first-order chi connectivity index (χ1) is 14.5. The Hall–Kier alpha value is -3.78. The van der Waals surface area contributed by atoms with Crippen LogP contribution in [-0.4, -0.2) is 28.6 Å². The summed E-state index contributed by atoms with van der Waals surface area (Å²) in [5.74, 6) is -0.879. The number of amides is 2. The maximum Gasteiger partial charge on any atom is 0.259 e. The summed E-state index contributed by atoms with van der Waals surface area (Å²) in [6, 6.07) is 16.3. The maximum atomic E-state index is 13.3. The number of anilines is 1. The van der Waals surface area contributed by atoms with Gasteiger partial charge in [0.2, 0.25) is 0 Å². The molecule has 0 atom stereocenters. The third kappa shape index (κ3) is 3.99. The molecule has 2 aromatic carbocycles. The zero-order valence-corrected chi connectivity index (χ0v) is 16.7. The number of carbonyl (C=O) groups excluding carboxylic acids is 2. The van der Waals surface area contributed by atoms with Crippen molar-refractivity contribution in [2.45, 2.75) is 0 Å². The quantitative estimate of drug-likeness (QED) is 0.504. The third-order valence-electron chi connectivity index (χ3n) is 4.44. The van der Waals surface area contributed by atoms with Crippen LogP contribution in [0, 0.1) is 5.82 Å². The molecule has 4 rings (SSSR count). The predicted molar refractivity (Wildman–Crippen MR) is 115 cm³/mol. The molecule has 8 heteroatoms. The van der Waals surface area contributed by atoms with Gasteiger partial charge in [-0.3, -0.25) is 9.59 Å². The highest BCUT2D eigenvalue weighted by Crippen LogP contribution is 2.28. The summed E-state index contributed by atoms with van der Waals surface area (Å²) in [5, 5.41) is 11.9. The molecule has 2 heterocycles. The van der Waals surface area contributed by atoms with E-state index in [0.717, 1.165) is 4.88 Å². The number of thiophene rings is 1. The average molecular weight is 420 g/mol. The minimum atomic E-state index is -0.345. The highest BCUT2D eigenvalue weighted by atomic mass is 32.1. The van der Waals surface area contributed by atoms with Gasteiger partial charge in [-0.15, -0.1) is 11.3 Å². The van der Waals surface area contributed by atoms with Crippen LogP contribution in [-0.2, 0) is 0 Å². The molecule has 0 saturated heterocycles. The highest BCUT2D eigenvalue weighted by Gasteiger charge is 2.19. The molecule has 0 radical (unpaired) electrons. The van der Waals surface area contributed by atoms with E-state index in [1.807, 2.05) is 17.5 Å². The van der Waals surface area contributed by atoms with Crippen molar-refractivity contribution in [2.75, 3.05) is 12.4 Å². The first-order valence-electron chi connectivity index (χ1n) is 9.08. The monoisotopic (exact) mass is 420 g/mol. The molecule has 0 saturated carbocycles. The van der Waals surface area contributed by atoms with E-state index >= 15 is 0 Å². The summed E-state index contributed by atoms with van der Waals surface area (Å²) in [6.45, 7) is 0. The van der Waals surface area contributed by atoms with E-state index in [4.69, 9.17) is 0 Å². The van der Waals surface area contributed by atoms with E-state index in [2.05, 4.69) is 15.7 Å². The van der Waals surface area contributed by atoms with Crippen LogP contribution in [0.15, 0.2) is 72.2 Å². The van der Waals surface area contributed by atoms with Crippen LogP contribution < -0.4 is 10.6 Å². The van der Waals surface area contributed by atoms with Crippen LogP contribution in [0.25, 0.3) is 16.3 Å². The molecule has 2 aromatic heterocycles. The molecule has 0 fully saturated rings. The van der Waals surface area contributed by atoms with Crippen molar-refractivity contribution in [3.63, 3.8) is 0 Å². The van der Waals surface area contributed by atoms with Gasteiger partial charge in [-0.1, -0.05) is 6.07 Å². The smallest absolute Gasteiger partial charge is 0.259 e. The van der Waals surface area contributed by atoms with Crippen LogP contribution in [0.4, 0.5) is 10.1 Å². The Balaban J connectivity index is 1.65. The second kappa shape index (κ2) is 8.30. The minimum absolute atomic E-state index is 0.201. The van der Waals surface area contributed by atoms with Crippen molar-refractivity contribution in [1.82, 2.24) is 15.1 Å². The molecule has 150 valence electrons. The highest BCUT2D eigenvalue weighted by molar-refractivity contribution is 7.13. The number of rotatable bonds is 5. The van der Waals surface area contributed by atoms with E-state index in [9.17, 15) is 14.0 Å². The Morgan fingerprint density at radius 1 is 1.00 bits per heavy atom. The number of hydrogen-bond acceptors (Lipinski definition) is 4. The van der Waals surface area contributed by atoms with E-state index in [0.29, 0.717) is 28.2 Å². The number of hydrogen-bond donors (Lipinski definition) is 2. The van der Waals surface area contributed by atoms with Crippen molar-refractivity contribution in [3.8, 4) is 16.3 Å². The van der Waals surface area contributed by atoms with Crippen LogP contribution in [0.2, 0.25) is 0 Å². The van der Waals surface area contributed by atoms with E-state index in [1.165, 1.54) is 23.5 Å². The topological polar surface area (TPSA) is 76.0 Å². The number of nitrogens with zero attached hydrogens (tertiary/aromatic N) is 2. The van der Waals surface area contributed by atoms with Gasteiger partial charge in [0.25, 0.3) is 11.8 Å². The largest absolute Gasteiger partial charge is 0.355 e. The lowest BCUT2D eigenvalue weighted by atomic mass is 10.1. The Kier molecular flexibility index (Phi) is 5.40. The zero-order chi connectivity index (χ0) is 21.1. The van der Waals surface area contributed by atoms with Gasteiger partial charge in [-0.2, -0.15) is 5.10 Å². The average Bonchev–Trinajstić information content (AvgIpc) is 3.44. The Morgan fingerprint density at radius 3 is 2.37 bits per heavy atom. The molecule has 4 aromatic rings. The number of aromatic nitrogens is 2. The molecule has 6 nitrogen and oxygen atoms in total. The molecule has 0 aliphatic rings. The summed E-state index contributed by atoms with van der Waals surface area (Å²) in [7, 11) is 1.56. The van der Waals surface area contributed by atoms with Crippen LogP contribution in [0.3, 0.4) is 0 Å². The molecule has 0 bridgehead atoms. The number of carbonyl (C=O) groups is 2. The lowest BCUT2D eigenvalue weighted by Gasteiger charge is -2.06. The van der Waals surface area contributed by atoms with Gasteiger partial charge < -0.3 is 10.6 Å². The molecule has 0 aliphatic heterocycles. The molecule has 0 unspecified atom stereocenters. The molecule has 0 aliphatic carbocycles. The van der Waals surface area contributed by atoms with Gasteiger partial charge in [0, 0.05) is 24.5 Å². The van der Waals surface area contributed by atoms with Crippen LogP contribution in [0.5, 0.6) is 0 Å². The summed E-state index contributed by atoms with van der Waals surface area (Å²) in [4.78, 5) is 25.5. The SMILES string of the molecule is CNC(=O)c1ccc(NC(=O)c2cn(-c3ccc(F)cc3)nc2-c2cccs2)cc1. The molecule has 2 amide bonds. The Bertz CT molecular complexity index is 1180. The molecule has 2 N–H and O–H groups in total. The maximum absolute atomic E-state index is 13.3. The fourth-order valence-corrected chi connectivity index (χ4v) is 3.63. The molecular formula is C22H17FN4O2S. The van der Waals surface area contributed by atoms with E-state index in [1.54, 1.807) is 54.3 Å². The third-order valence-corrected chi connectivity index (χ3v) is 5.31. The van der Waals surface area contributed by atoms with Crippen LogP contribution >= 0.6 is 11.3 Å². The van der Waals surface area contributed by atoms with Gasteiger partial charge in [0.1, 0.15) is 11.5 Å². The van der Waals surface area contributed by atoms with E-state index in [-0.39, 0.29) is 17.6 Å². The van der Waals surface area contributed by atoms with Gasteiger partial charge in [0.15, 0.2) is 0 Å². The second-order valence-corrected chi connectivity index (χ2v) is 7.35. The van der Waals surface area contributed by atoms with Crippen molar-refractivity contribution in [2.24, 2.45) is 0 Å². The summed E-state index contributed by atoms with van der Waals surface area (Å²) < 4.78 is 14.8. The fraction of sp³-hybridized carbons (Fsp3) is 0.0455. The van der Waals surface area contributed by atoms with Crippen molar-refractivity contribution < 1.29 is 14.0 Å². The standard InChI is InChI=1S/C22H17FN4O2S/c1-24-21(28)14-4-8-16(9-5-14)25-22(29)18-13-27(17-10-6-15(23)7-11-17)26-20(18)19-3-2-12-30-19/h2-13H,1H3,(H,24,28)(H,25,29). The summed E-state index contributed by atoms with van der Waals surface area (Å²) >= 11 is 1.47. The zero-order valence-electron chi connectivity index (χ0n) is 15.9. The normalized spacial score (nSPS) is 10.6. The van der Waals surface area contributed by atoms with Gasteiger partial charge in [-0.25, -0.2) is 9.07 Å². The fourth-order valence-electron chi connectivity index (χ4n) is 2.91. The molecule has 0 spiro atoms. The van der Waals surface area contributed by atoms with Crippen molar-refractivity contribution in [1.29, 1.82) is 0 Å². The second-order valence-electron chi connectivity index (χ2n) is 6.40. The van der Waals surface area contributed by atoms with Gasteiger partial charge in [0.05, 0.1) is 16.1 Å². The van der Waals surface area contributed by atoms with E-state index < -0.39 is 0 Å². The number of nitrogens with one attached hydrogen (secondary N) is 2. The van der Waals surface area contributed by atoms with Crippen molar-refractivity contribution in [3.05, 3.63) is 89.2 Å². The summed E-state index contributed by atoms with van der Waals surface area (Å²) in [6.07, 6.45) is 1.62.